The van der Waals surface area contributed by atoms with E-state index >= 15 is 0 Å². The molecule has 5 nitrogen and oxygen atoms in total. The first-order chi connectivity index (χ1) is 10.1. The van der Waals surface area contributed by atoms with E-state index < -0.39 is 0 Å². The first-order valence-corrected chi connectivity index (χ1v) is 8.15. The molecule has 0 aromatic carbocycles. The molecule has 0 radical (unpaired) electrons. The zero-order chi connectivity index (χ0) is 15.2. The molecule has 7 heteroatoms. The molecule has 21 heavy (non-hydrogen) atoms. The molecule has 0 aliphatic rings. The first kappa shape index (κ1) is 15.7. The van der Waals surface area contributed by atoms with Crippen LogP contribution in [0.3, 0.4) is 0 Å². The fourth-order valence-corrected chi connectivity index (χ4v) is 3.31. The third-order valence-corrected chi connectivity index (χ3v) is 4.85. The van der Waals surface area contributed by atoms with Gasteiger partial charge in [-0.2, -0.15) is 0 Å². The molecule has 0 N–H and O–H groups in total. The zero-order valence-electron chi connectivity index (χ0n) is 11.9. The van der Waals surface area contributed by atoms with Crippen LogP contribution in [-0.4, -0.2) is 42.5 Å². The molecule has 2 aromatic heterocycles. The van der Waals surface area contributed by atoms with Gasteiger partial charge in [0.05, 0.1) is 30.5 Å². The number of esters is 1. The van der Waals surface area contributed by atoms with Crippen molar-refractivity contribution in [3.63, 3.8) is 0 Å². The lowest BCUT2D eigenvalue weighted by Gasteiger charge is -2.15. The Morgan fingerprint density at radius 1 is 1.38 bits per heavy atom. The van der Waals surface area contributed by atoms with Crippen molar-refractivity contribution in [3.8, 4) is 9.88 Å². The number of thiazole rings is 1. The van der Waals surface area contributed by atoms with Gasteiger partial charge in [0.1, 0.15) is 5.01 Å². The van der Waals surface area contributed by atoms with Crippen molar-refractivity contribution in [2.75, 3.05) is 20.7 Å². The molecular formula is C14H16N2O3S2. The maximum Gasteiger partial charge on any atom is 0.307 e. The van der Waals surface area contributed by atoms with Crippen LogP contribution in [-0.2, 0) is 20.7 Å². The van der Waals surface area contributed by atoms with Crippen LogP contribution >= 0.6 is 22.7 Å². The van der Waals surface area contributed by atoms with Crippen LogP contribution in [0.5, 0.6) is 0 Å². The number of methoxy groups -OCH3 is 1. The van der Waals surface area contributed by atoms with E-state index in [1.165, 1.54) is 23.3 Å². The molecule has 0 saturated heterocycles. The van der Waals surface area contributed by atoms with Gasteiger partial charge in [0, 0.05) is 19.0 Å². The van der Waals surface area contributed by atoms with Gasteiger partial charge < -0.3 is 9.64 Å². The second-order valence-electron chi connectivity index (χ2n) is 4.44. The minimum absolute atomic E-state index is 0.0538. The number of thiophene rings is 1. The predicted octanol–water partition coefficient (Wildman–Crippen LogP) is 2.44. The summed E-state index contributed by atoms with van der Waals surface area (Å²) in [5, 5.41) is 4.84. The Hall–Kier alpha value is -1.73. The summed E-state index contributed by atoms with van der Waals surface area (Å²) >= 11 is 3.17. The van der Waals surface area contributed by atoms with Crippen LogP contribution in [0.1, 0.15) is 12.1 Å². The average molecular weight is 324 g/mol. The minimum atomic E-state index is -0.316. The summed E-state index contributed by atoms with van der Waals surface area (Å²) in [6.07, 6.45) is 0.454. The zero-order valence-corrected chi connectivity index (χ0v) is 13.5. The van der Waals surface area contributed by atoms with Crippen molar-refractivity contribution in [2.24, 2.45) is 0 Å². The van der Waals surface area contributed by atoms with Gasteiger partial charge in [0.15, 0.2) is 0 Å². The third-order valence-electron chi connectivity index (χ3n) is 2.92. The highest BCUT2D eigenvalue weighted by Crippen LogP contribution is 2.27. The van der Waals surface area contributed by atoms with E-state index in [0.717, 1.165) is 15.6 Å². The smallest absolute Gasteiger partial charge is 0.307 e. The van der Waals surface area contributed by atoms with E-state index in [2.05, 4.69) is 9.72 Å². The van der Waals surface area contributed by atoms with Crippen LogP contribution in [0.15, 0.2) is 22.9 Å². The predicted molar refractivity (Wildman–Crippen MR) is 83.4 cm³/mol. The van der Waals surface area contributed by atoms with Crippen LogP contribution < -0.4 is 0 Å². The summed E-state index contributed by atoms with van der Waals surface area (Å²) in [5.74, 6) is -0.370. The second-order valence-corrected chi connectivity index (χ2v) is 6.25. The highest BCUT2D eigenvalue weighted by molar-refractivity contribution is 7.20. The lowest BCUT2D eigenvalue weighted by Crippen LogP contribution is -2.30. The van der Waals surface area contributed by atoms with Crippen LogP contribution in [0, 0.1) is 0 Å². The molecule has 0 aliphatic carbocycles. The molecular weight excluding hydrogens is 308 g/mol. The Balaban J connectivity index is 1.89. The molecule has 0 bridgehead atoms. The van der Waals surface area contributed by atoms with Crippen molar-refractivity contribution >= 4 is 34.6 Å². The minimum Gasteiger partial charge on any atom is -0.469 e. The number of carbonyl (C=O) groups excluding carboxylic acids is 2. The standard InChI is InChI=1S/C14H16N2O3S2/c1-16(6-5-13(18)19-2)12(17)8-10-9-21-14(15-10)11-4-3-7-20-11/h3-4,7,9H,5-6,8H2,1-2H3. The summed E-state index contributed by atoms with van der Waals surface area (Å²) in [7, 11) is 3.02. The van der Waals surface area contributed by atoms with Gasteiger partial charge in [0.2, 0.25) is 5.91 Å². The van der Waals surface area contributed by atoms with Gasteiger partial charge >= 0.3 is 5.97 Å². The maximum absolute atomic E-state index is 12.1. The van der Waals surface area contributed by atoms with Gasteiger partial charge in [-0.05, 0) is 11.4 Å². The number of carbonyl (C=O) groups is 2. The quantitative estimate of drug-likeness (QED) is 0.766. The molecule has 0 unspecified atom stereocenters. The van der Waals surface area contributed by atoms with Crippen LogP contribution in [0.25, 0.3) is 9.88 Å². The number of ether oxygens (including phenoxy) is 1. The van der Waals surface area contributed by atoms with E-state index in [9.17, 15) is 9.59 Å². The lowest BCUT2D eigenvalue weighted by atomic mass is 10.3. The summed E-state index contributed by atoms with van der Waals surface area (Å²) in [4.78, 5) is 30.2. The van der Waals surface area contributed by atoms with Crippen molar-refractivity contribution in [1.82, 2.24) is 9.88 Å². The molecule has 0 spiro atoms. The number of nitrogens with zero attached hydrogens (tertiary/aromatic N) is 2. The monoisotopic (exact) mass is 324 g/mol. The Kier molecular flexibility index (Phi) is 5.46. The first-order valence-electron chi connectivity index (χ1n) is 6.39. The number of hydrogen-bond donors (Lipinski definition) is 0. The van der Waals surface area contributed by atoms with E-state index in [1.54, 1.807) is 18.4 Å². The summed E-state index contributed by atoms with van der Waals surface area (Å²) in [5.41, 5.74) is 0.762. The van der Waals surface area contributed by atoms with Gasteiger partial charge in [-0.3, -0.25) is 9.59 Å². The van der Waals surface area contributed by atoms with Gasteiger partial charge in [-0.15, -0.1) is 22.7 Å². The third kappa shape index (κ3) is 4.37. The van der Waals surface area contributed by atoms with Crippen molar-refractivity contribution in [1.29, 1.82) is 0 Å². The van der Waals surface area contributed by atoms with Gasteiger partial charge in [-0.25, -0.2) is 4.98 Å². The number of aromatic nitrogens is 1. The summed E-state index contributed by atoms with van der Waals surface area (Å²) in [6, 6.07) is 3.99. The molecule has 0 atom stereocenters. The summed E-state index contributed by atoms with van der Waals surface area (Å²) < 4.78 is 4.56. The van der Waals surface area contributed by atoms with Gasteiger partial charge in [-0.1, -0.05) is 6.07 Å². The fraction of sp³-hybridized carbons (Fsp3) is 0.357. The number of rotatable bonds is 6. The highest BCUT2D eigenvalue weighted by Gasteiger charge is 2.14. The highest BCUT2D eigenvalue weighted by atomic mass is 32.1. The van der Waals surface area contributed by atoms with E-state index in [1.807, 2.05) is 22.9 Å². The molecule has 1 amide bonds. The average Bonchev–Trinajstić information content (AvgIpc) is 3.14. The molecule has 0 fully saturated rings. The van der Waals surface area contributed by atoms with Crippen molar-refractivity contribution < 1.29 is 14.3 Å². The van der Waals surface area contributed by atoms with E-state index in [4.69, 9.17) is 0 Å². The molecule has 2 aromatic rings. The Bertz CT molecular complexity index is 608. The molecule has 112 valence electrons. The van der Waals surface area contributed by atoms with E-state index in [0.29, 0.717) is 6.54 Å². The normalized spacial score (nSPS) is 10.4. The number of likely N-dealkylation sites (N-methyl/N-ethyl adjacent to an activating group) is 1. The van der Waals surface area contributed by atoms with E-state index in [-0.39, 0.29) is 24.7 Å². The van der Waals surface area contributed by atoms with Crippen LogP contribution in [0.2, 0.25) is 0 Å². The second kappa shape index (κ2) is 7.33. The lowest BCUT2D eigenvalue weighted by molar-refractivity contribution is -0.141. The molecule has 2 heterocycles. The van der Waals surface area contributed by atoms with Gasteiger partial charge in [0.25, 0.3) is 0 Å². The maximum atomic E-state index is 12.1. The molecule has 2 rings (SSSR count). The molecule has 0 saturated carbocycles. The Labute approximate surface area is 131 Å². The Morgan fingerprint density at radius 2 is 2.19 bits per heavy atom. The van der Waals surface area contributed by atoms with Crippen LogP contribution in [0.4, 0.5) is 0 Å². The fourth-order valence-electron chi connectivity index (χ4n) is 1.68. The number of hydrogen-bond acceptors (Lipinski definition) is 6. The SMILES string of the molecule is COC(=O)CCN(C)C(=O)Cc1csc(-c2cccs2)n1. The topological polar surface area (TPSA) is 59.5 Å². The Morgan fingerprint density at radius 3 is 2.86 bits per heavy atom. The molecule has 0 aliphatic heterocycles. The largest absolute Gasteiger partial charge is 0.469 e. The van der Waals surface area contributed by atoms with Crippen molar-refractivity contribution in [2.45, 2.75) is 12.8 Å². The number of amides is 1. The summed E-state index contributed by atoms with van der Waals surface area (Å²) in [6.45, 7) is 0.355. The van der Waals surface area contributed by atoms with Crippen molar-refractivity contribution in [3.05, 3.63) is 28.6 Å².